The third-order valence-electron chi connectivity index (χ3n) is 8.22. The molecule has 1 unspecified atom stereocenters. The topological polar surface area (TPSA) is 134 Å². The lowest BCUT2D eigenvalue weighted by molar-refractivity contribution is -0.132. The second kappa shape index (κ2) is 10.9. The number of nitrogens with one attached hydrogen (secondary N) is 3. The molecule has 1 saturated heterocycles. The molecular weight excluding hydrogens is 550 g/mol. The molecule has 2 aliphatic rings. The van der Waals surface area contributed by atoms with Crippen molar-refractivity contribution in [2.75, 3.05) is 25.9 Å². The summed E-state index contributed by atoms with van der Waals surface area (Å²) in [6.07, 6.45) is 4.55. The summed E-state index contributed by atoms with van der Waals surface area (Å²) in [5, 5.41) is 7.19. The zero-order valence-electron chi connectivity index (χ0n) is 23.2. The van der Waals surface area contributed by atoms with Crippen LogP contribution < -0.4 is 20.3 Å². The number of nitrogens with zero attached hydrogens (tertiary/aromatic N) is 1. The Morgan fingerprint density at radius 3 is 2.42 bits per heavy atom. The number of para-hydroxylation sites is 2. The van der Waals surface area contributed by atoms with Crippen LogP contribution in [0.25, 0.3) is 10.9 Å². The molecule has 40 heavy (non-hydrogen) atoms. The molecule has 2 aliphatic heterocycles. The summed E-state index contributed by atoms with van der Waals surface area (Å²) >= 11 is 0. The Labute approximate surface area is 241 Å². The Balaban J connectivity index is 0.00000370. The summed E-state index contributed by atoms with van der Waals surface area (Å²) in [4.78, 5) is 31.2. The Morgan fingerprint density at radius 2 is 1.75 bits per heavy atom. The number of sulfonamides is 1. The summed E-state index contributed by atoms with van der Waals surface area (Å²) in [6, 6.07) is 14.0. The van der Waals surface area contributed by atoms with Crippen LogP contribution in [0.3, 0.4) is 0 Å². The first-order valence-corrected chi connectivity index (χ1v) is 15.3. The third kappa shape index (κ3) is 5.31. The van der Waals surface area contributed by atoms with Gasteiger partial charge in [-0.3, -0.25) is 4.79 Å². The average Bonchev–Trinajstić information content (AvgIpc) is 3.40. The number of halogens is 1. The Kier molecular flexibility index (Phi) is 8.23. The SMILES string of the molecule is CC(C)(N)CC(=O)N[C@H](Cc1c[nH]c2ccccc12)C(=O)[N+]1(S(C)(=O)=O)CC2(CCNCC2)c2ccccc21.Cl. The number of amides is 2. The maximum atomic E-state index is 14.8. The molecule has 1 aromatic heterocycles. The second-order valence-corrected chi connectivity index (χ2v) is 14.0. The third-order valence-corrected chi connectivity index (χ3v) is 9.86. The number of rotatable bonds is 7. The number of hydrogen-bond acceptors (Lipinski definition) is 6. The first-order chi connectivity index (χ1) is 18.4. The molecule has 0 bridgehead atoms. The number of fused-ring (bicyclic) bond motifs is 3. The minimum Gasteiger partial charge on any atom is -0.361 e. The number of benzene rings is 2. The number of carbonyl (C=O) groups excluding carboxylic acids is 2. The van der Waals surface area contributed by atoms with Crippen LogP contribution in [0, 0.1) is 0 Å². The highest BCUT2D eigenvalue weighted by Crippen LogP contribution is 2.51. The maximum absolute atomic E-state index is 14.8. The van der Waals surface area contributed by atoms with Crippen molar-refractivity contribution in [3.8, 4) is 0 Å². The minimum absolute atomic E-state index is 0. The molecule has 5 N–H and O–H groups in total. The van der Waals surface area contributed by atoms with Gasteiger partial charge in [0.15, 0.2) is 11.7 Å². The van der Waals surface area contributed by atoms with Crippen LogP contribution in [0.1, 0.15) is 44.2 Å². The van der Waals surface area contributed by atoms with Crippen LogP contribution in [0.5, 0.6) is 0 Å². The van der Waals surface area contributed by atoms with Crippen molar-refractivity contribution in [2.45, 2.75) is 56.5 Å². The molecule has 3 heterocycles. The summed E-state index contributed by atoms with van der Waals surface area (Å²) < 4.78 is 26.8. The lowest BCUT2D eigenvalue weighted by Crippen LogP contribution is -2.66. The molecule has 0 saturated carbocycles. The van der Waals surface area contributed by atoms with Crippen LogP contribution in [-0.4, -0.2) is 62.7 Å². The number of hydrogen-bond donors (Lipinski definition) is 4. The van der Waals surface area contributed by atoms with Crippen LogP contribution in [0.15, 0.2) is 54.7 Å². The molecule has 2 aromatic carbocycles. The van der Waals surface area contributed by atoms with E-state index in [4.69, 9.17) is 5.73 Å². The molecule has 0 aliphatic carbocycles. The number of carbonyl (C=O) groups is 2. The van der Waals surface area contributed by atoms with Gasteiger partial charge in [-0.15, -0.1) is 16.3 Å². The summed E-state index contributed by atoms with van der Waals surface area (Å²) in [5.41, 5.74) is 8.00. The predicted molar refractivity (Wildman–Crippen MR) is 161 cm³/mol. The molecule has 5 rings (SSSR count). The van der Waals surface area contributed by atoms with Gasteiger partial charge in [-0.1, -0.05) is 36.4 Å². The number of nitrogens with two attached hydrogens (primary N) is 1. The Bertz CT molecular complexity index is 1520. The fraction of sp³-hybridized carbons (Fsp3) is 0.448. The van der Waals surface area contributed by atoms with Gasteiger partial charge in [-0.2, -0.15) is 8.42 Å². The van der Waals surface area contributed by atoms with Gasteiger partial charge in [0.05, 0.1) is 11.7 Å². The fourth-order valence-electron chi connectivity index (χ4n) is 6.45. The molecule has 1 spiro atoms. The van der Waals surface area contributed by atoms with Crippen LogP contribution >= 0.6 is 12.4 Å². The van der Waals surface area contributed by atoms with Crippen molar-refractivity contribution in [1.82, 2.24) is 19.5 Å². The number of aromatic amines is 1. The highest BCUT2D eigenvalue weighted by molar-refractivity contribution is 7.90. The number of quaternary nitrogens is 1. The largest absolute Gasteiger partial charge is 0.361 e. The molecule has 3 aromatic rings. The van der Waals surface area contributed by atoms with Gasteiger partial charge in [0.2, 0.25) is 5.91 Å². The van der Waals surface area contributed by atoms with Crippen molar-refractivity contribution in [2.24, 2.45) is 5.73 Å². The quantitative estimate of drug-likeness (QED) is 0.314. The van der Waals surface area contributed by atoms with Gasteiger partial charge in [-0.25, -0.2) is 4.79 Å². The van der Waals surface area contributed by atoms with Gasteiger partial charge in [-0.05, 0) is 51.4 Å². The molecule has 9 nitrogen and oxygen atoms in total. The molecule has 11 heteroatoms. The minimum atomic E-state index is -4.01. The van der Waals surface area contributed by atoms with Crippen LogP contribution in [0.4, 0.5) is 5.69 Å². The van der Waals surface area contributed by atoms with E-state index in [0.717, 1.165) is 54.2 Å². The Morgan fingerprint density at radius 1 is 1.10 bits per heavy atom. The number of piperidine rings is 1. The van der Waals surface area contributed by atoms with E-state index < -0.39 is 42.7 Å². The smallest absolute Gasteiger partial charge is 0.356 e. The molecular formula is C29H39ClN5O4S+. The average molecular weight is 589 g/mol. The predicted octanol–water partition coefficient (Wildman–Crippen LogP) is 2.87. The normalized spacial score (nSPS) is 21.0. The fourth-order valence-corrected chi connectivity index (χ4v) is 7.91. The number of aromatic nitrogens is 1. The molecule has 0 radical (unpaired) electrons. The zero-order valence-corrected chi connectivity index (χ0v) is 24.8. The van der Waals surface area contributed by atoms with Crippen molar-refractivity contribution < 1.29 is 18.0 Å². The van der Waals surface area contributed by atoms with Gasteiger partial charge in [0.25, 0.3) is 0 Å². The van der Waals surface area contributed by atoms with Gasteiger partial charge in [0, 0.05) is 47.1 Å². The molecule has 2 atom stereocenters. The lowest BCUT2D eigenvalue weighted by atomic mass is 9.75. The van der Waals surface area contributed by atoms with Gasteiger partial charge >= 0.3 is 15.9 Å². The van der Waals surface area contributed by atoms with E-state index in [1.54, 1.807) is 26.0 Å². The van der Waals surface area contributed by atoms with E-state index in [0.29, 0.717) is 5.69 Å². The monoisotopic (exact) mass is 588 g/mol. The van der Waals surface area contributed by atoms with E-state index in [9.17, 15) is 18.0 Å². The summed E-state index contributed by atoms with van der Waals surface area (Å²) in [6.45, 7) is 5.09. The van der Waals surface area contributed by atoms with E-state index >= 15 is 0 Å². The number of H-pyrrole nitrogens is 1. The Hall–Kier alpha value is -2.76. The van der Waals surface area contributed by atoms with Gasteiger partial charge in [0.1, 0.15) is 6.54 Å². The second-order valence-electron chi connectivity index (χ2n) is 11.9. The van der Waals surface area contributed by atoms with Crippen LogP contribution in [-0.2, 0) is 31.4 Å². The van der Waals surface area contributed by atoms with E-state index in [2.05, 4.69) is 15.6 Å². The van der Waals surface area contributed by atoms with E-state index in [1.807, 2.05) is 42.6 Å². The zero-order chi connectivity index (χ0) is 28.1. The standard InChI is InChI=1S/C29H37N5O4S.ClH/c1-28(2,30)17-26(35)33-24(16-20-18-32-23-10-6-4-8-21(20)23)27(36)34(39(3,37)38)19-29(12-14-31-15-13-29)22-9-5-7-11-25(22)34;/h4-11,18,24,31-32H,12-17,19,30H2,1-3H3;1H/p+1/t24-,34?;/m1./s1. The molecule has 216 valence electrons. The molecule has 2 amide bonds. The van der Waals surface area contributed by atoms with Crippen molar-refractivity contribution >= 4 is 50.8 Å². The highest BCUT2D eigenvalue weighted by Gasteiger charge is 2.63. The van der Waals surface area contributed by atoms with Crippen molar-refractivity contribution in [1.29, 1.82) is 0 Å². The van der Waals surface area contributed by atoms with Crippen LogP contribution in [0.2, 0.25) is 0 Å². The first-order valence-electron chi connectivity index (χ1n) is 13.4. The van der Waals surface area contributed by atoms with Gasteiger partial charge < -0.3 is 21.4 Å². The highest BCUT2D eigenvalue weighted by atomic mass is 35.5. The maximum Gasteiger partial charge on any atom is 0.356 e. The van der Waals surface area contributed by atoms with Crippen molar-refractivity contribution in [3.63, 3.8) is 0 Å². The van der Waals surface area contributed by atoms with Crippen molar-refractivity contribution in [3.05, 3.63) is 65.9 Å². The first kappa shape index (κ1) is 30.2. The van der Waals surface area contributed by atoms with E-state index in [1.165, 1.54) is 0 Å². The summed E-state index contributed by atoms with van der Waals surface area (Å²) in [5.74, 6) is -0.940. The summed E-state index contributed by atoms with van der Waals surface area (Å²) in [7, 11) is -4.01. The molecule has 1 fully saturated rings. The lowest BCUT2D eigenvalue weighted by Gasteiger charge is -2.37. The van der Waals surface area contributed by atoms with E-state index in [-0.39, 0.29) is 31.8 Å².